The first kappa shape index (κ1) is 23.2. The van der Waals surface area contributed by atoms with Crippen molar-refractivity contribution in [2.75, 3.05) is 6.54 Å². The summed E-state index contributed by atoms with van der Waals surface area (Å²) in [5, 5.41) is 13.4. The molecule has 0 aliphatic rings. The van der Waals surface area contributed by atoms with Gasteiger partial charge in [0.1, 0.15) is 11.5 Å². The summed E-state index contributed by atoms with van der Waals surface area (Å²) in [7, 11) is 0. The van der Waals surface area contributed by atoms with Gasteiger partial charge >= 0.3 is 6.36 Å². The second kappa shape index (κ2) is 9.48. The van der Waals surface area contributed by atoms with Gasteiger partial charge in [-0.05, 0) is 53.4 Å². The highest BCUT2D eigenvalue weighted by Crippen LogP contribution is 2.32. The summed E-state index contributed by atoms with van der Waals surface area (Å²) in [5.41, 5.74) is 8.40. The number of nitrogens with two attached hydrogens (primary N) is 1. The number of alkyl halides is 3. The highest BCUT2D eigenvalue weighted by molar-refractivity contribution is 5.98. The summed E-state index contributed by atoms with van der Waals surface area (Å²) >= 11 is 0. The molecule has 4 aromatic rings. The number of aromatic hydroxyl groups is 1. The van der Waals surface area contributed by atoms with E-state index in [0.717, 1.165) is 22.5 Å². The molecule has 3 aromatic carbocycles. The van der Waals surface area contributed by atoms with Crippen LogP contribution in [0.5, 0.6) is 11.5 Å². The molecule has 1 aromatic heterocycles. The average Bonchev–Trinajstić information content (AvgIpc) is 3.20. The van der Waals surface area contributed by atoms with E-state index in [1.807, 2.05) is 30.5 Å². The number of carbonyl (C=O) groups is 1. The number of hydrogen-bond donors (Lipinski definition) is 4. The second-order valence-corrected chi connectivity index (χ2v) is 7.78. The molecule has 4 rings (SSSR count). The summed E-state index contributed by atoms with van der Waals surface area (Å²) < 4.78 is 43.0. The first-order chi connectivity index (χ1) is 16.2. The van der Waals surface area contributed by atoms with E-state index in [4.69, 9.17) is 5.73 Å². The monoisotopic (exact) mass is 469 g/mol. The van der Waals surface area contributed by atoms with Crippen LogP contribution >= 0.6 is 0 Å². The minimum Gasteiger partial charge on any atom is -0.508 e. The first-order valence-corrected chi connectivity index (χ1v) is 10.5. The molecule has 0 spiro atoms. The smallest absolute Gasteiger partial charge is 0.508 e. The molecule has 9 heteroatoms. The van der Waals surface area contributed by atoms with Crippen LogP contribution < -0.4 is 15.8 Å². The van der Waals surface area contributed by atoms with Gasteiger partial charge in [0.05, 0.1) is 5.56 Å². The normalized spacial score (nSPS) is 12.5. The van der Waals surface area contributed by atoms with E-state index in [2.05, 4.69) is 15.0 Å². The van der Waals surface area contributed by atoms with Gasteiger partial charge in [-0.3, -0.25) is 4.79 Å². The van der Waals surface area contributed by atoms with E-state index in [1.165, 1.54) is 24.3 Å². The SMILES string of the molecule is NCC(Cc1c[nH]c2ccccc12)NC(=O)c1cc(-c2cccc(O)c2)ccc1OC(F)(F)F. The third-order valence-electron chi connectivity index (χ3n) is 5.39. The number of nitrogens with one attached hydrogen (secondary N) is 2. The topological polar surface area (TPSA) is 100 Å². The third-order valence-corrected chi connectivity index (χ3v) is 5.39. The zero-order chi connectivity index (χ0) is 24.3. The summed E-state index contributed by atoms with van der Waals surface area (Å²) in [6.45, 7) is 0.0763. The Morgan fingerprint density at radius 3 is 2.56 bits per heavy atom. The third kappa shape index (κ3) is 5.32. The van der Waals surface area contributed by atoms with Crippen molar-refractivity contribution >= 4 is 16.8 Å². The predicted molar refractivity (Wildman–Crippen MR) is 123 cm³/mol. The highest BCUT2D eigenvalue weighted by Gasteiger charge is 2.33. The Labute approximate surface area is 193 Å². The van der Waals surface area contributed by atoms with Crippen molar-refractivity contribution in [1.82, 2.24) is 10.3 Å². The summed E-state index contributed by atoms with van der Waals surface area (Å²) in [4.78, 5) is 16.2. The molecule has 1 atom stereocenters. The van der Waals surface area contributed by atoms with Crippen LogP contribution in [0.3, 0.4) is 0 Å². The Bertz CT molecular complexity index is 1320. The van der Waals surface area contributed by atoms with E-state index in [1.54, 1.807) is 12.1 Å². The predicted octanol–water partition coefficient (Wildman–Crippen LogP) is 4.74. The molecule has 176 valence electrons. The van der Waals surface area contributed by atoms with Crippen LogP contribution in [0.2, 0.25) is 0 Å². The number of carbonyl (C=O) groups excluding carboxylic acids is 1. The van der Waals surface area contributed by atoms with Gasteiger partial charge < -0.3 is 25.9 Å². The number of fused-ring (bicyclic) bond motifs is 1. The lowest BCUT2D eigenvalue weighted by atomic mass is 10.0. The van der Waals surface area contributed by atoms with E-state index >= 15 is 0 Å². The van der Waals surface area contributed by atoms with Crippen LogP contribution in [0.1, 0.15) is 15.9 Å². The number of rotatable bonds is 7. The molecule has 0 fully saturated rings. The molecular weight excluding hydrogens is 447 g/mol. The Kier molecular flexibility index (Phi) is 6.47. The maximum absolute atomic E-state index is 13.1. The molecule has 0 aliphatic carbocycles. The van der Waals surface area contributed by atoms with Crippen LogP contribution in [-0.2, 0) is 6.42 Å². The van der Waals surface area contributed by atoms with E-state index in [-0.39, 0.29) is 17.9 Å². The Hall–Kier alpha value is -3.98. The van der Waals surface area contributed by atoms with Crippen molar-refractivity contribution in [3.05, 3.63) is 84.1 Å². The maximum atomic E-state index is 13.1. The number of halogens is 3. The lowest BCUT2D eigenvalue weighted by Gasteiger charge is -2.19. The molecular formula is C25H22F3N3O3. The Morgan fingerprint density at radius 2 is 1.82 bits per heavy atom. The van der Waals surface area contributed by atoms with Gasteiger partial charge in [-0.25, -0.2) is 0 Å². The minimum absolute atomic E-state index is 0.0129. The fraction of sp³-hybridized carbons (Fsp3) is 0.160. The molecule has 34 heavy (non-hydrogen) atoms. The van der Waals surface area contributed by atoms with Gasteiger partial charge in [-0.2, -0.15) is 0 Å². The summed E-state index contributed by atoms with van der Waals surface area (Å²) in [6, 6.07) is 17.0. The fourth-order valence-corrected chi connectivity index (χ4v) is 3.81. The van der Waals surface area contributed by atoms with Gasteiger partial charge in [0.2, 0.25) is 0 Å². The molecule has 1 unspecified atom stereocenters. The van der Waals surface area contributed by atoms with E-state index in [9.17, 15) is 23.1 Å². The van der Waals surface area contributed by atoms with Crippen molar-refractivity contribution in [1.29, 1.82) is 0 Å². The second-order valence-electron chi connectivity index (χ2n) is 7.78. The number of ether oxygens (including phenoxy) is 1. The molecule has 5 N–H and O–H groups in total. The van der Waals surface area contributed by atoms with Gasteiger partial charge in [-0.15, -0.1) is 13.2 Å². The number of para-hydroxylation sites is 1. The first-order valence-electron chi connectivity index (χ1n) is 10.5. The molecule has 1 amide bonds. The van der Waals surface area contributed by atoms with Crippen molar-refractivity contribution in [2.24, 2.45) is 5.73 Å². The average molecular weight is 469 g/mol. The Morgan fingerprint density at radius 1 is 1.06 bits per heavy atom. The van der Waals surface area contributed by atoms with Crippen molar-refractivity contribution < 1.29 is 27.8 Å². The number of phenolic OH excluding ortho intramolecular Hbond substituents is 1. The lowest BCUT2D eigenvalue weighted by Crippen LogP contribution is -2.42. The van der Waals surface area contributed by atoms with Crippen LogP contribution in [0, 0.1) is 0 Å². The lowest BCUT2D eigenvalue weighted by molar-refractivity contribution is -0.274. The van der Waals surface area contributed by atoms with E-state index in [0.29, 0.717) is 17.5 Å². The van der Waals surface area contributed by atoms with Gasteiger partial charge in [-0.1, -0.05) is 36.4 Å². The number of aromatic amines is 1. The molecule has 0 aliphatic heterocycles. The van der Waals surface area contributed by atoms with Crippen molar-refractivity contribution in [2.45, 2.75) is 18.8 Å². The summed E-state index contributed by atoms with van der Waals surface area (Å²) in [6.07, 6.45) is -2.77. The van der Waals surface area contributed by atoms with Crippen LogP contribution in [0.4, 0.5) is 13.2 Å². The van der Waals surface area contributed by atoms with Gasteiger partial charge in [0.25, 0.3) is 5.91 Å². The number of hydrogen-bond acceptors (Lipinski definition) is 4. The van der Waals surface area contributed by atoms with Gasteiger partial charge in [0, 0.05) is 29.7 Å². The molecule has 0 saturated carbocycles. The number of amides is 1. The zero-order valence-electron chi connectivity index (χ0n) is 17.9. The van der Waals surface area contributed by atoms with Crippen molar-refractivity contribution in [3.63, 3.8) is 0 Å². The number of phenols is 1. The van der Waals surface area contributed by atoms with Crippen LogP contribution in [-0.4, -0.2) is 34.9 Å². The standard InChI is InChI=1S/C25H22F3N3O3/c26-25(27,28)34-23-9-8-16(15-4-3-5-19(32)11-15)12-21(23)24(33)31-18(13-29)10-17-14-30-22-7-2-1-6-20(17)22/h1-9,11-12,14,18,30,32H,10,13,29H2,(H,31,33). The van der Waals surface area contributed by atoms with Crippen LogP contribution in [0.15, 0.2) is 72.9 Å². The number of aromatic nitrogens is 1. The minimum atomic E-state index is -4.97. The Balaban J connectivity index is 1.63. The molecule has 0 radical (unpaired) electrons. The zero-order valence-corrected chi connectivity index (χ0v) is 17.9. The molecule has 1 heterocycles. The molecule has 0 bridgehead atoms. The quantitative estimate of drug-likeness (QED) is 0.314. The highest BCUT2D eigenvalue weighted by atomic mass is 19.4. The van der Waals surface area contributed by atoms with Crippen molar-refractivity contribution in [3.8, 4) is 22.6 Å². The molecule has 6 nitrogen and oxygen atoms in total. The van der Waals surface area contributed by atoms with E-state index < -0.39 is 24.1 Å². The summed E-state index contributed by atoms with van der Waals surface area (Å²) in [5.74, 6) is -1.39. The maximum Gasteiger partial charge on any atom is 0.573 e. The number of benzene rings is 3. The van der Waals surface area contributed by atoms with Gasteiger partial charge in [0.15, 0.2) is 0 Å². The fourth-order valence-electron chi connectivity index (χ4n) is 3.81. The largest absolute Gasteiger partial charge is 0.573 e. The molecule has 0 saturated heterocycles. The number of H-pyrrole nitrogens is 1. The van der Waals surface area contributed by atoms with Crippen LogP contribution in [0.25, 0.3) is 22.0 Å².